The lowest BCUT2D eigenvalue weighted by Crippen LogP contribution is -2.50. The van der Waals surface area contributed by atoms with Crippen molar-refractivity contribution in [3.8, 4) is 11.8 Å². The maximum atomic E-state index is 13.5. The molecule has 0 atom stereocenters. The summed E-state index contributed by atoms with van der Waals surface area (Å²) in [6, 6.07) is 13.8. The van der Waals surface area contributed by atoms with E-state index in [4.69, 9.17) is 10.00 Å². The summed E-state index contributed by atoms with van der Waals surface area (Å²) in [5, 5.41) is 8.84. The van der Waals surface area contributed by atoms with E-state index in [-0.39, 0.29) is 42.7 Å². The van der Waals surface area contributed by atoms with Crippen LogP contribution in [0.5, 0.6) is 5.75 Å². The number of halogens is 1. The molecule has 2 aromatic carbocycles. The molecule has 2 aromatic rings. The SMILES string of the molecule is N#Cc1ccc(S(=O)(=O)N2CCN(C(=O)CCCOc3ccccc3F)CC2)cc1. The van der Waals surface area contributed by atoms with Gasteiger partial charge in [0, 0.05) is 32.6 Å². The highest BCUT2D eigenvalue weighted by Crippen LogP contribution is 2.19. The zero-order valence-electron chi connectivity index (χ0n) is 16.3. The van der Waals surface area contributed by atoms with Crippen molar-refractivity contribution < 1.29 is 22.3 Å². The number of carbonyl (C=O) groups is 1. The van der Waals surface area contributed by atoms with E-state index in [2.05, 4.69) is 0 Å². The maximum Gasteiger partial charge on any atom is 0.243 e. The molecule has 0 bridgehead atoms. The lowest BCUT2D eigenvalue weighted by molar-refractivity contribution is -0.132. The number of rotatable bonds is 7. The van der Waals surface area contributed by atoms with Gasteiger partial charge in [0.25, 0.3) is 0 Å². The van der Waals surface area contributed by atoms with Gasteiger partial charge in [0.2, 0.25) is 15.9 Å². The van der Waals surface area contributed by atoms with Crippen molar-refractivity contribution in [2.75, 3.05) is 32.8 Å². The predicted molar refractivity (Wildman–Crippen MR) is 108 cm³/mol. The van der Waals surface area contributed by atoms with Gasteiger partial charge in [0.05, 0.1) is 23.1 Å². The molecule has 0 saturated carbocycles. The predicted octanol–water partition coefficient (Wildman–Crippen LogP) is 2.39. The third-order valence-corrected chi connectivity index (χ3v) is 6.75. The Labute approximate surface area is 175 Å². The summed E-state index contributed by atoms with van der Waals surface area (Å²) in [6.07, 6.45) is 0.688. The van der Waals surface area contributed by atoms with Crippen LogP contribution < -0.4 is 4.74 Å². The molecule has 1 amide bonds. The largest absolute Gasteiger partial charge is 0.491 e. The first-order chi connectivity index (χ1) is 14.4. The van der Waals surface area contributed by atoms with Crippen molar-refractivity contribution in [3.63, 3.8) is 0 Å². The second-order valence-corrected chi connectivity index (χ2v) is 8.74. The van der Waals surface area contributed by atoms with Gasteiger partial charge in [-0.3, -0.25) is 4.79 Å². The summed E-state index contributed by atoms with van der Waals surface area (Å²) in [5.41, 5.74) is 0.392. The number of hydrogen-bond acceptors (Lipinski definition) is 5. The van der Waals surface area contributed by atoms with Gasteiger partial charge in [-0.15, -0.1) is 0 Å². The number of para-hydroxylation sites is 1. The highest BCUT2D eigenvalue weighted by molar-refractivity contribution is 7.89. The van der Waals surface area contributed by atoms with E-state index in [0.29, 0.717) is 25.1 Å². The second-order valence-electron chi connectivity index (χ2n) is 6.80. The van der Waals surface area contributed by atoms with E-state index in [1.165, 1.54) is 40.7 Å². The number of nitriles is 1. The zero-order valence-corrected chi connectivity index (χ0v) is 17.1. The molecule has 7 nitrogen and oxygen atoms in total. The first-order valence-electron chi connectivity index (χ1n) is 9.57. The van der Waals surface area contributed by atoms with E-state index in [9.17, 15) is 17.6 Å². The smallest absolute Gasteiger partial charge is 0.243 e. The van der Waals surface area contributed by atoms with Crippen LogP contribution in [0, 0.1) is 17.1 Å². The second kappa shape index (κ2) is 9.69. The van der Waals surface area contributed by atoms with Crippen molar-refractivity contribution in [2.24, 2.45) is 0 Å². The number of amides is 1. The molecule has 3 rings (SSSR count). The maximum absolute atomic E-state index is 13.5. The summed E-state index contributed by atoms with van der Waals surface area (Å²) < 4.78 is 45.6. The Kier molecular flexibility index (Phi) is 7.03. The Bertz CT molecular complexity index is 1030. The van der Waals surface area contributed by atoms with Gasteiger partial charge in [-0.1, -0.05) is 12.1 Å². The lowest BCUT2D eigenvalue weighted by Gasteiger charge is -2.34. The Morgan fingerprint density at radius 3 is 2.37 bits per heavy atom. The summed E-state index contributed by atoms with van der Waals surface area (Å²) >= 11 is 0. The molecule has 1 saturated heterocycles. The van der Waals surface area contributed by atoms with Gasteiger partial charge in [-0.05, 0) is 42.8 Å². The van der Waals surface area contributed by atoms with Gasteiger partial charge >= 0.3 is 0 Å². The van der Waals surface area contributed by atoms with Crippen molar-refractivity contribution in [1.29, 1.82) is 5.26 Å². The molecule has 158 valence electrons. The Morgan fingerprint density at radius 1 is 1.07 bits per heavy atom. The number of sulfonamides is 1. The highest BCUT2D eigenvalue weighted by Gasteiger charge is 2.29. The number of piperazine rings is 1. The monoisotopic (exact) mass is 431 g/mol. The number of ether oxygens (including phenoxy) is 1. The third kappa shape index (κ3) is 5.14. The summed E-state index contributed by atoms with van der Waals surface area (Å²) in [5.74, 6) is -0.363. The van der Waals surface area contributed by atoms with Crippen LogP contribution in [-0.2, 0) is 14.8 Å². The number of benzene rings is 2. The minimum absolute atomic E-state index is 0.0810. The molecule has 1 aliphatic heterocycles. The molecule has 0 radical (unpaired) electrons. The molecule has 1 aliphatic rings. The zero-order chi connectivity index (χ0) is 21.6. The van der Waals surface area contributed by atoms with E-state index >= 15 is 0 Å². The summed E-state index contributed by atoms with van der Waals surface area (Å²) in [4.78, 5) is 14.1. The van der Waals surface area contributed by atoms with E-state index < -0.39 is 15.8 Å². The van der Waals surface area contributed by atoms with Crippen LogP contribution >= 0.6 is 0 Å². The van der Waals surface area contributed by atoms with Crippen LogP contribution in [0.25, 0.3) is 0 Å². The fourth-order valence-electron chi connectivity index (χ4n) is 3.15. The average Bonchev–Trinajstić information content (AvgIpc) is 2.77. The topological polar surface area (TPSA) is 90.7 Å². The fraction of sp³-hybridized carbons (Fsp3) is 0.333. The molecule has 0 aromatic heterocycles. The minimum atomic E-state index is -3.66. The molecular formula is C21H22FN3O4S. The van der Waals surface area contributed by atoms with Crippen molar-refractivity contribution in [2.45, 2.75) is 17.7 Å². The van der Waals surface area contributed by atoms with Gasteiger partial charge < -0.3 is 9.64 Å². The molecule has 0 aliphatic carbocycles. The van der Waals surface area contributed by atoms with Crippen molar-refractivity contribution in [3.05, 3.63) is 59.9 Å². The van der Waals surface area contributed by atoms with Gasteiger partial charge in [-0.2, -0.15) is 9.57 Å². The number of nitrogens with zero attached hydrogens (tertiary/aromatic N) is 3. The van der Waals surface area contributed by atoms with E-state index in [1.807, 2.05) is 6.07 Å². The summed E-state index contributed by atoms with van der Waals surface area (Å²) in [6.45, 7) is 1.25. The Morgan fingerprint density at radius 2 is 1.73 bits per heavy atom. The third-order valence-electron chi connectivity index (χ3n) is 4.84. The normalized spacial score (nSPS) is 14.9. The molecule has 0 unspecified atom stereocenters. The Hall–Kier alpha value is -2.96. The molecule has 9 heteroatoms. The molecule has 0 N–H and O–H groups in total. The standard InChI is InChI=1S/C21H22FN3O4S/c22-19-4-1-2-5-20(19)29-15-3-6-21(26)24-11-13-25(14-12-24)30(27,28)18-9-7-17(16-23)8-10-18/h1-2,4-5,7-10H,3,6,11-15H2. The molecule has 1 heterocycles. The summed E-state index contributed by atoms with van der Waals surface area (Å²) in [7, 11) is -3.66. The highest BCUT2D eigenvalue weighted by atomic mass is 32.2. The number of carbonyl (C=O) groups excluding carboxylic acids is 1. The molecular weight excluding hydrogens is 409 g/mol. The quantitative estimate of drug-likeness (QED) is 0.628. The lowest BCUT2D eigenvalue weighted by atomic mass is 10.2. The van der Waals surface area contributed by atoms with Crippen LogP contribution in [0.15, 0.2) is 53.4 Å². The van der Waals surface area contributed by atoms with Crippen molar-refractivity contribution in [1.82, 2.24) is 9.21 Å². The first kappa shape index (κ1) is 21.7. The van der Waals surface area contributed by atoms with Gasteiger partial charge in [-0.25, -0.2) is 12.8 Å². The van der Waals surface area contributed by atoms with Crippen LogP contribution in [0.1, 0.15) is 18.4 Å². The number of hydrogen-bond donors (Lipinski definition) is 0. The molecule has 0 spiro atoms. The van der Waals surface area contributed by atoms with E-state index in [1.54, 1.807) is 17.0 Å². The van der Waals surface area contributed by atoms with Crippen LogP contribution in [0.3, 0.4) is 0 Å². The first-order valence-corrected chi connectivity index (χ1v) is 11.0. The van der Waals surface area contributed by atoms with Crippen LogP contribution in [-0.4, -0.2) is 56.3 Å². The van der Waals surface area contributed by atoms with Gasteiger partial charge in [0.1, 0.15) is 0 Å². The van der Waals surface area contributed by atoms with Crippen LogP contribution in [0.4, 0.5) is 4.39 Å². The Balaban J connectivity index is 1.45. The van der Waals surface area contributed by atoms with Crippen molar-refractivity contribution >= 4 is 15.9 Å². The fourth-order valence-corrected chi connectivity index (χ4v) is 4.58. The minimum Gasteiger partial charge on any atom is -0.491 e. The van der Waals surface area contributed by atoms with E-state index in [0.717, 1.165) is 0 Å². The van der Waals surface area contributed by atoms with Crippen LogP contribution in [0.2, 0.25) is 0 Å². The average molecular weight is 431 g/mol. The molecule has 30 heavy (non-hydrogen) atoms. The molecule has 1 fully saturated rings. The van der Waals surface area contributed by atoms with Gasteiger partial charge in [0.15, 0.2) is 11.6 Å².